The number of benzene rings is 2. The van der Waals surface area contributed by atoms with Crippen LogP contribution < -0.4 is 5.32 Å². The van der Waals surface area contributed by atoms with Crippen molar-refractivity contribution >= 4 is 17.5 Å². The van der Waals surface area contributed by atoms with Crippen molar-refractivity contribution in [3.05, 3.63) is 65.5 Å². The molecule has 2 aliphatic rings. The van der Waals surface area contributed by atoms with Crippen LogP contribution in [0.3, 0.4) is 0 Å². The highest BCUT2D eigenvalue weighted by Gasteiger charge is 2.27. The van der Waals surface area contributed by atoms with Crippen molar-refractivity contribution in [1.82, 2.24) is 4.90 Å². The summed E-state index contributed by atoms with van der Waals surface area (Å²) in [5.74, 6) is 1.34. The van der Waals surface area contributed by atoms with Gasteiger partial charge >= 0.3 is 0 Å². The van der Waals surface area contributed by atoms with Crippen LogP contribution in [0, 0.1) is 12.7 Å². The predicted molar refractivity (Wildman–Crippen MR) is 118 cm³/mol. The highest BCUT2D eigenvalue weighted by Crippen LogP contribution is 2.26. The van der Waals surface area contributed by atoms with E-state index < -0.39 is 0 Å². The van der Waals surface area contributed by atoms with Crippen LogP contribution in [0.15, 0.2) is 58.5 Å². The zero-order valence-corrected chi connectivity index (χ0v) is 17.2. The summed E-state index contributed by atoms with van der Waals surface area (Å²) in [6.07, 6.45) is 5.90. The lowest BCUT2D eigenvalue weighted by Gasteiger charge is -2.34. The lowest BCUT2D eigenvalue weighted by Crippen LogP contribution is -2.42. The van der Waals surface area contributed by atoms with Gasteiger partial charge in [0.2, 0.25) is 5.96 Å². The lowest BCUT2D eigenvalue weighted by molar-refractivity contribution is 0.255. The van der Waals surface area contributed by atoms with Crippen molar-refractivity contribution in [3.8, 4) is 0 Å². The maximum absolute atomic E-state index is 13.4. The molecule has 1 atom stereocenters. The topological polar surface area (TPSA) is 40.0 Å². The Labute approximate surface area is 172 Å². The molecule has 2 aromatic carbocycles. The average molecular weight is 393 g/mol. The van der Waals surface area contributed by atoms with Crippen molar-refractivity contribution < 1.29 is 4.39 Å². The SMILES string of the molecule is Cc1ccccc1C(=NC(=NC1CC1)N1CCCCC1C)Nc1ccc(F)cc1. The molecule has 5 heteroatoms. The molecule has 2 fully saturated rings. The van der Waals surface area contributed by atoms with Crippen LogP contribution in [0.25, 0.3) is 0 Å². The third-order valence-electron chi connectivity index (χ3n) is 5.62. The van der Waals surface area contributed by atoms with Gasteiger partial charge in [-0.25, -0.2) is 9.38 Å². The molecule has 1 N–H and O–H groups in total. The second-order valence-electron chi connectivity index (χ2n) is 8.11. The zero-order chi connectivity index (χ0) is 20.2. The fourth-order valence-electron chi connectivity index (χ4n) is 3.69. The van der Waals surface area contributed by atoms with E-state index in [1.165, 1.54) is 31.4 Å². The van der Waals surface area contributed by atoms with E-state index in [1.807, 2.05) is 12.1 Å². The summed E-state index contributed by atoms with van der Waals surface area (Å²) < 4.78 is 13.4. The summed E-state index contributed by atoms with van der Waals surface area (Å²) in [6.45, 7) is 5.34. The summed E-state index contributed by atoms with van der Waals surface area (Å²) in [5.41, 5.74) is 2.98. The molecule has 152 valence electrons. The molecular formula is C24H29FN4. The maximum Gasteiger partial charge on any atom is 0.223 e. The second kappa shape index (κ2) is 8.76. The first-order chi connectivity index (χ1) is 14.1. The van der Waals surface area contributed by atoms with E-state index in [0.29, 0.717) is 12.1 Å². The second-order valence-corrected chi connectivity index (χ2v) is 8.11. The van der Waals surface area contributed by atoms with Crippen LogP contribution in [-0.2, 0) is 0 Å². The van der Waals surface area contributed by atoms with Crippen molar-refractivity contribution in [2.24, 2.45) is 9.98 Å². The molecule has 0 radical (unpaired) electrons. The van der Waals surface area contributed by atoms with E-state index in [1.54, 1.807) is 12.1 Å². The summed E-state index contributed by atoms with van der Waals surface area (Å²) in [6, 6.07) is 15.4. The van der Waals surface area contributed by atoms with Gasteiger partial charge in [0.15, 0.2) is 0 Å². The minimum absolute atomic E-state index is 0.247. The summed E-state index contributed by atoms with van der Waals surface area (Å²) in [7, 11) is 0. The number of likely N-dealkylation sites (tertiary alicyclic amines) is 1. The van der Waals surface area contributed by atoms with Crippen molar-refractivity contribution in [3.63, 3.8) is 0 Å². The minimum Gasteiger partial charge on any atom is -0.340 e. The van der Waals surface area contributed by atoms with Gasteiger partial charge in [-0.2, -0.15) is 4.99 Å². The molecular weight excluding hydrogens is 363 g/mol. The Bertz CT molecular complexity index is 899. The number of piperidine rings is 1. The van der Waals surface area contributed by atoms with E-state index in [0.717, 1.165) is 48.0 Å². The first-order valence-corrected chi connectivity index (χ1v) is 10.6. The largest absolute Gasteiger partial charge is 0.340 e. The number of anilines is 1. The van der Waals surface area contributed by atoms with Gasteiger partial charge in [-0.3, -0.25) is 0 Å². The smallest absolute Gasteiger partial charge is 0.223 e. The van der Waals surface area contributed by atoms with Gasteiger partial charge in [-0.15, -0.1) is 0 Å². The number of aliphatic imine (C=N–C) groups is 2. The van der Waals surface area contributed by atoms with Gasteiger partial charge < -0.3 is 10.2 Å². The van der Waals surface area contributed by atoms with Crippen LogP contribution >= 0.6 is 0 Å². The number of nitrogens with one attached hydrogen (secondary N) is 1. The Kier molecular flexibility index (Phi) is 5.93. The van der Waals surface area contributed by atoms with Crippen LogP contribution in [-0.4, -0.2) is 35.3 Å². The standard InChI is InChI=1S/C24H29FN4/c1-17-7-3-4-9-22(17)23(26-20-12-10-19(25)11-13-20)28-24(27-21-14-15-21)29-16-6-5-8-18(29)2/h3-4,7,9-13,18,21H,5-6,8,14-16H2,1-2H3,(H,26,27,28). The zero-order valence-electron chi connectivity index (χ0n) is 17.2. The quantitative estimate of drug-likeness (QED) is 0.562. The summed E-state index contributed by atoms with van der Waals surface area (Å²) >= 11 is 0. The number of halogens is 1. The monoisotopic (exact) mass is 392 g/mol. The normalized spacial score (nSPS) is 20.7. The fraction of sp³-hybridized carbons (Fsp3) is 0.417. The summed E-state index contributed by atoms with van der Waals surface area (Å²) in [5, 5.41) is 3.42. The number of guanidine groups is 1. The van der Waals surface area contributed by atoms with Gasteiger partial charge in [0.1, 0.15) is 11.7 Å². The molecule has 1 unspecified atom stereocenters. The Morgan fingerprint density at radius 1 is 1.03 bits per heavy atom. The molecule has 29 heavy (non-hydrogen) atoms. The van der Waals surface area contributed by atoms with Crippen molar-refractivity contribution in [1.29, 1.82) is 0 Å². The third-order valence-corrected chi connectivity index (χ3v) is 5.62. The maximum atomic E-state index is 13.4. The van der Waals surface area contributed by atoms with E-state index in [9.17, 15) is 4.39 Å². The fourth-order valence-corrected chi connectivity index (χ4v) is 3.69. The average Bonchev–Trinajstić information content (AvgIpc) is 3.53. The molecule has 0 amide bonds. The lowest BCUT2D eigenvalue weighted by atomic mass is 10.0. The Hall–Kier alpha value is -2.69. The van der Waals surface area contributed by atoms with Gasteiger partial charge in [-0.05, 0) is 75.8 Å². The predicted octanol–water partition coefficient (Wildman–Crippen LogP) is 5.39. The Morgan fingerprint density at radius 3 is 2.48 bits per heavy atom. The van der Waals surface area contributed by atoms with Crippen LogP contribution in [0.2, 0.25) is 0 Å². The molecule has 1 saturated carbocycles. The van der Waals surface area contributed by atoms with Gasteiger partial charge in [0, 0.05) is 23.8 Å². The summed E-state index contributed by atoms with van der Waals surface area (Å²) in [4.78, 5) is 12.4. The van der Waals surface area contributed by atoms with Gasteiger partial charge in [0.25, 0.3) is 0 Å². The first kappa shape index (κ1) is 19.6. The Morgan fingerprint density at radius 2 is 1.79 bits per heavy atom. The molecule has 1 aliphatic heterocycles. The highest BCUT2D eigenvalue weighted by molar-refractivity contribution is 6.13. The minimum atomic E-state index is -0.247. The van der Waals surface area contributed by atoms with E-state index in [-0.39, 0.29) is 5.82 Å². The first-order valence-electron chi connectivity index (χ1n) is 10.6. The molecule has 4 rings (SSSR count). The molecule has 4 nitrogen and oxygen atoms in total. The molecule has 0 spiro atoms. The van der Waals surface area contributed by atoms with Crippen molar-refractivity contribution in [2.45, 2.75) is 58.0 Å². The Balaban J connectivity index is 1.73. The highest BCUT2D eigenvalue weighted by atomic mass is 19.1. The van der Waals surface area contributed by atoms with E-state index in [2.05, 4.69) is 36.2 Å². The van der Waals surface area contributed by atoms with E-state index in [4.69, 9.17) is 9.98 Å². The molecule has 2 aromatic rings. The van der Waals surface area contributed by atoms with Crippen LogP contribution in [0.4, 0.5) is 10.1 Å². The molecule has 0 bridgehead atoms. The third kappa shape index (κ3) is 5.03. The number of aryl methyl sites for hydroxylation is 1. The number of hydrogen-bond donors (Lipinski definition) is 1. The number of rotatable bonds is 3. The van der Waals surface area contributed by atoms with Crippen LogP contribution in [0.1, 0.15) is 50.2 Å². The molecule has 1 saturated heterocycles. The number of hydrogen-bond acceptors (Lipinski definition) is 1. The van der Waals surface area contributed by atoms with Gasteiger partial charge in [-0.1, -0.05) is 24.3 Å². The number of amidine groups is 1. The molecule has 0 aromatic heterocycles. The molecule has 1 heterocycles. The van der Waals surface area contributed by atoms with E-state index >= 15 is 0 Å². The van der Waals surface area contributed by atoms with Crippen LogP contribution in [0.5, 0.6) is 0 Å². The number of nitrogens with zero attached hydrogens (tertiary/aromatic N) is 3. The molecule has 1 aliphatic carbocycles. The van der Waals surface area contributed by atoms with Crippen molar-refractivity contribution in [2.75, 3.05) is 11.9 Å². The van der Waals surface area contributed by atoms with Gasteiger partial charge in [0.05, 0.1) is 6.04 Å².